The Kier molecular flexibility index (Phi) is 5.08. The molecular weight excluding hydrogens is 272 g/mol. The van der Waals surface area contributed by atoms with E-state index in [1.165, 1.54) is 0 Å². The fraction of sp³-hybridized carbons (Fsp3) is 0.333. The lowest BCUT2D eigenvalue weighted by Crippen LogP contribution is -2.22. The van der Waals surface area contributed by atoms with E-state index in [0.717, 1.165) is 11.1 Å². The summed E-state index contributed by atoms with van der Waals surface area (Å²) in [4.78, 5) is 15.9. The van der Waals surface area contributed by atoms with Gasteiger partial charge in [-0.1, -0.05) is 12.1 Å². The van der Waals surface area contributed by atoms with Crippen LogP contribution in [0.15, 0.2) is 30.3 Å². The normalized spacial score (nSPS) is 12.1. The molecule has 1 aromatic heterocycles. The van der Waals surface area contributed by atoms with Crippen molar-refractivity contribution in [3.8, 4) is 0 Å². The number of carbonyl (C=O) groups excluding carboxylic acids is 1. The number of rotatable bonds is 6. The van der Waals surface area contributed by atoms with Crippen molar-refractivity contribution in [2.75, 3.05) is 25.1 Å². The fourth-order valence-corrected chi connectivity index (χ4v) is 1.85. The first-order valence-corrected chi connectivity index (χ1v) is 6.74. The van der Waals surface area contributed by atoms with Crippen molar-refractivity contribution >= 4 is 22.6 Å². The molecule has 1 atom stereocenters. The molecule has 1 unspecified atom stereocenters. The maximum Gasteiger partial charge on any atom is 0.356 e. The van der Waals surface area contributed by atoms with Gasteiger partial charge in [0.15, 0.2) is 0 Å². The largest absolute Gasteiger partial charge is 0.461 e. The highest BCUT2D eigenvalue weighted by Crippen LogP contribution is 2.18. The van der Waals surface area contributed by atoms with Crippen LogP contribution >= 0.6 is 0 Å². The van der Waals surface area contributed by atoms with Gasteiger partial charge >= 0.3 is 5.97 Å². The van der Waals surface area contributed by atoms with Gasteiger partial charge < -0.3 is 20.3 Å². The molecular formula is C15H18N2O4. The molecule has 0 aliphatic rings. The van der Waals surface area contributed by atoms with Gasteiger partial charge in [0.25, 0.3) is 0 Å². The summed E-state index contributed by atoms with van der Waals surface area (Å²) in [6.45, 7) is 1.98. The summed E-state index contributed by atoms with van der Waals surface area (Å²) in [7, 11) is 0. The van der Waals surface area contributed by atoms with E-state index in [4.69, 9.17) is 9.84 Å². The highest BCUT2D eigenvalue weighted by Gasteiger charge is 2.09. The summed E-state index contributed by atoms with van der Waals surface area (Å²) in [5.74, 6) is -0.450. The van der Waals surface area contributed by atoms with Gasteiger partial charge in [0.2, 0.25) is 0 Å². The van der Waals surface area contributed by atoms with Crippen LogP contribution in [0.4, 0.5) is 5.69 Å². The third-order valence-corrected chi connectivity index (χ3v) is 2.93. The molecule has 6 heteroatoms. The highest BCUT2D eigenvalue weighted by atomic mass is 16.5. The van der Waals surface area contributed by atoms with Crippen molar-refractivity contribution in [2.45, 2.75) is 13.0 Å². The molecule has 112 valence electrons. The molecule has 0 aliphatic heterocycles. The van der Waals surface area contributed by atoms with Gasteiger partial charge in [0, 0.05) is 17.6 Å². The Balaban J connectivity index is 2.21. The van der Waals surface area contributed by atoms with E-state index in [9.17, 15) is 9.90 Å². The number of fused-ring (bicyclic) bond motifs is 1. The van der Waals surface area contributed by atoms with Gasteiger partial charge in [-0.25, -0.2) is 9.78 Å². The molecule has 1 aromatic carbocycles. The molecule has 1 heterocycles. The van der Waals surface area contributed by atoms with Crippen LogP contribution in [0.3, 0.4) is 0 Å². The second-order valence-electron chi connectivity index (χ2n) is 4.54. The van der Waals surface area contributed by atoms with Crippen molar-refractivity contribution in [1.29, 1.82) is 0 Å². The van der Waals surface area contributed by atoms with Gasteiger partial charge in [0.05, 0.1) is 24.8 Å². The SMILES string of the molecule is CCOC(=O)c1ccc2ccc(NCC(O)CO)cc2n1. The minimum atomic E-state index is -0.820. The van der Waals surface area contributed by atoms with Crippen LogP contribution in [-0.4, -0.2) is 47.0 Å². The molecule has 0 amide bonds. The zero-order valence-corrected chi connectivity index (χ0v) is 11.7. The minimum absolute atomic E-state index is 0.236. The summed E-state index contributed by atoms with van der Waals surface area (Å²) in [5.41, 5.74) is 1.67. The first-order chi connectivity index (χ1) is 10.1. The number of hydrogen-bond acceptors (Lipinski definition) is 6. The van der Waals surface area contributed by atoms with Gasteiger partial charge in [-0.05, 0) is 25.1 Å². The molecule has 0 bridgehead atoms. The van der Waals surface area contributed by atoms with Crippen LogP contribution in [-0.2, 0) is 4.74 Å². The van der Waals surface area contributed by atoms with E-state index in [1.54, 1.807) is 25.1 Å². The van der Waals surface area contributed by atoms with Crippen LogP contribution in [0, 0.1) is 0 Å². The smallest absolute Gasteiger partial charge is 0.356 e. The number of ether oxygens (including phenoxy) is 1. The van der Waals surface area contributed by atoms with E-state index in [1.807, 2.05) is 12.1 Å². The second-order valence-corrected chi connectivity index (χ2v) is 4.54. The van der Waals surface area contributed by atoms with E-state index in [0.29, 0.717) is 12.1 Å². The van der Waals surface area contributed by atoms with Crippen LogP contribution in [0.1, 0.15) is 17.4 Å². The molecule has 0 saturated heterocycles. The van der Waals surface area contributed by atoms with Gasteiger partial charge in [0.1, 0.15) is 5.69 Å². The van der Waals surface area contributed by atoms with Crippen molar-refractivity contribution in [3.63, 3.8) is 0 Å². The predicted octanol–water partition coefficient (Wildman–Crippen LogP) is 1.18. The van der Waals surface area contributed by atoms with Crippen molar-refractivity contribution < 1.29 is 19.7 Å². The lowest BCUT2D eigenvalue weighted by Gasteiger charge is -2.11. The Bertz CT molecular complexity index is 630. The molecule has 0 saturated carbocycles. The van der Waals surface area contributed by atoms with Crippen LogP contribution in [0.5, 0.6) is 0 Å². The maximum atomic E-state index is 11.7. The summed E-state index contributed by atoms with van der Waals surface area (Å²) >= 11 is 0. The van der Waals surface area contributed by atoms with Crippen LogP contribution < -0.4 is 5.32 Å². The average molecular weight is 290 g/mol. The molecule has 0 spiro atoms. The number of esters is 1. The summed E-state index contributed by atoms with van der Waals surface area (Å²) in [5, 5.41) is 22.0. The van der Waals surface area contributed by atoms with E-state index >= 15 is 0 Å². The van der Waals surface area contributed by atoms with Gasteiger partial charge in [-0.15, -0.1) is 0 Å². The Labute approximate surface area is 122 Å². The van der Waals surface area contributed by atoms with Gasteiger partial charge in [-0.2, -0.15) is 0 Å². The summed E-state index contributed by atoms with van der Waals surface area (Å²) < 4.78 is 4.92. The zero-order valence-electron chi connectivity index (χ0n) is 11.7. The molecule has 3 N–H and O–H groups in total. The van der Waals surface area contributed by atoms with E-state index < -0.39 is 12.1 Å². The fourth-order valence-electron chi connectivity index (χ4n) is 1.85. The van der Waals surface area contributed by atoms with Crippen LogP contribution in [0.25, 0.3) is 10.9 Å². The molecule has 0 radical (unpaired) electrons. The monoisotopic (exact) mass is 290 g/mol. The van der Waals surface area contributed by atoms with Gasteiger partial charge in [-0.3, -0.25) is 0 Å². The van der Waals surface area contributed by atoms with Crippen LogP contribution in [0.2, 0.25) is 0 Å². The summed E-state index contributed by atoms with van der Waals surface area (Å²) in [6.07, 6.45) is -0.820. The van der Waals surface area contributed by atoms with Crippen molar-refractivity contribution in [2.24, 2.45) is 0 Å². The number of aliphatic hydroxyl groups excluding tert-OH is 2. The first-order valence-electron chi connectivity index (χ1n) is 6.74. The number of anilines is 1. The Morgan fingerprint density at radius 1 is 1.38 bits per heavy atom. The number of aliphatic hydroxyl groups is 2. The number of pyridine rings is 1. The summed E-state index contributed by atoms with van der Waals surface area (Å²) in [6, 6.07) is 8.93. The third-order valence-electron chi connectivity index (χ3n) is 2.93. The average Bonchev–Trinajstić information content (AvgIpc) is 2.52. The first kappa shape index (κ1) is 15.2. The second kappa shape index (κ2) is 7.01. The highest BCUT2D eigenvalue weighted by molar-refractivity contribution is 5.91. The Morgan fingerprint density at radius 3 is 2.86 bits per heavy atom. The number of carbonyl (C=O) groups is 1. The zero-order chi connectivity index (χ0) is 15.2. The third kappa shape index (κ3) is 3.90. The predicted molar refractivity (Wildman–Crippen MR) is 79.3 cm³/mol. The Morgan fingerprint density at radius 2 is 2.14 bits per heavy atom. The number of nitrogens with zero attached hydrogens (tertiary/aromatic N) is 1. The quantitative estimate of drug-likeness (QED) is 0.692. The maximum absolute atomic E-state index is 11.7. The van der Waals surface area contributed by atoms with Crippen molar-refractivity contribution in [1.82, 2.24) is 4.98 Å². The van der Waals surface area contributed by atoms with E-state index in [-0.39, 0.29) is 18.8 Å². The molecule has 6 nitrogen and oxygen atoms in total. The van der Waals surface area contributed by atoms with E-state index in [2.05, 4.69) is 10.3 Å². The molecule has 0 aliphatic carbocycles. The lowest BCUT2D eigenvalue weighted by molar-refractivity contribution is 0.0520. The number of benzene rings is 1. The minimum Gasteiger partial charge on any atom is -0.461 e. The Hall–Kier alpha value is -2.18. The number of nitrogens with one attached hydrogen (secondary N) is 1. The number of hydrogen-bond donors (Lipinski definition) is 3. The molecule has 2 rings (SSSR count). The molecule has 2 aromatic rings. The number of aromatic nitrogens is 1. The lowest BCUT2D eigenvalue weighted by atomic mass is 10.2. The molecule has 0 fully saturated rings. The molecule has 21 heavy (non-hydrogen) atoms. The standard InChI is InChI=1S/C15H18N2O4/c1-2-21-15(20)13-6-4-10-3-5-11(7-14(10)17-13)16-8-12(19)9-18/h3-7,12,16,18-19H,2,8-9H2,1H3. The van der Waals surface area contributed by atoms with Crippen molar-refractivity contribution in [3.05, 3.63) is 36.0 Å². The topological polar surface area (TPSA) is 91.7 Å².